The highest BCUT2D eigenvalue weighted by atomic mass is 35.5. The Morgan fingerprint density at radius 2 is 2.18 bits per heavy atom. The van der Waals surface area contributed by atoms with Crippen molar-refractivity contribution in [1.82, 2.24) is 9.97 Å². The minimum atomic E-state index is 0.0539. The average molecular weight is 250 g/mol. The molecule has 0 radical (unpaired) electrons. The number of benzene rings is 1. The summed E-state index contributed by atoms with van der Waals surface area (Å²) in [5, 5.41) is 12.7. The number of nitrogens with zero attached hydrogens (tertiary/aromatic N) is 2. The smallest absolute Gasteiger partial charge is 0.161 e. The molecular weight excluding hydrogens is 238 g/mol. The van der Waals surface area contributed by atoms with Gasteiger partial charge in [-0.1, -0.05) is 11.6 Å². The first-order chi connectivity index (χ1) is 8.20. The summed E-state index contributed by atoms with van der Waals surface area (Å²) < 4.78 is 0. The van der Waals surface area contributed by atoms with Gasteiger partial charge in [-0.15, -0.1) is 0 Å². The van der Waals surface area contributed by atoms with Crippen LogP contribution in [0, 0.1) is 0 Å². The number of hydrogen-bond donors (Lipinski definition) is 2. The van der Waals surface area contributed by atoms with E-state index in [-0.39, 0.29) is 5.75 Å². The fraction of sp³-hybridized carbons (Fsp3) is 0.167. The third-order valence-corrected chi connectivity index (χ3v) is 2.52. The van der Waals surface area contributed by atoms with Crippen LogP contribution in [0.4, 0.5) is 5.82 Å². The van der Waals surface area contributed by atoms with E-state index in [4.69, 9.17) is 11.6 Å². The Bertz CT molecular complexity index is 531. The minimum Gasteiger partial charge on any atom is -0.506 e. The number of aromatic hydroxyl groups is 1. The Morgan fingerprint density at radius 1 is 1.35 bits per heavy atom. The second kappa shape index (κ2) is 5.01. The molecule has 0 aliphatic rings. The van der Waals surface area contributed by atoms with Crippen molar-refractivity contribution in [2.75, 3.05) is 11.9 Å². The van der Waals surface area contributed by atoms with Crippen molar-refractivity contribution >= 4 is 17.4 Å². The van der Waals surface area contributed by atoms with Crippen LogP contribution in [0.3, 0.4) is 0 Å². The van der Waals surface area contributed by atoms with Gasteiger partial charge < -0.3 is 10.4 Å². The Labute approximate surface area is 104 Å². The van der Waals surface area contributed by atoms with Crippen molar-refractivity contribution in [3.63, 3.8) is 0 Å². The van der Waals surface area contributed by atoms with E-state index in [9.17, 15) is 5.11 Å². The first kappa shape index (κ1) is 11.7. The molecule has 0 atom stereocenters. The summed E-state index contributed by atoms with van der Waals surface area (Å²) in [5.41, 5.74) is 0.771. The van der Waals surface area contributed by atoms with Crippen molar-refractivity contribution < 1.29 is 5.11 Å². The summed E-state index contributed by atoms with van der Waals surface area (Å²) in [7, 11) is 0. The Kier molecular flexibility index (Phi) is 3.44. The first-order valence-corrected chi connectivity index (χ1v) is 5.64. The zero-order valence-electron chi connectivity index (χ0n) is 9.31. The molecule has 4 nitrogen and oxygen atoms in total. The van der Waals surface area contributed by atoms with Gasteiger partial charge in [0, 0.05) is 18.3 Å². The van der Waals surface area contributed by atoms with Crippen LogP contribution >= 0.6 is 11.6 Å². The maximum Gasteiger partial charge on any atom is 0.161 e. The summed E-state index contributed by atoms with van der Waals surface area (Å²) in [6.07, 6.45) is 1.68. The fourth-order valence-corrected chi connectivity index (χ4v) is 1.60. The molecule has 0 aliphatic heterocycles. The van der Waals surface area contributed by atoms with Crippen molar-refractivity contribution in [3.05, 3.63) is 35.5 Å². The molecule has 0 bridgehead atoms. The number of nitrogens with one attached hydrogen (secondary N) is 1. The van der Waals surface area contributed by atoms with Crippen LogP contribution in [0.15, 0.2) is 30.5 Å². The van der Waals surface area contributed by atoms with Gasteiger partial charge in [-0.2, -0.15) is 0 Å². The minimum absolute atomic E-state index is 0.0539. The normalized spacial score (nSPS) is 10.2. The zero-order valence-corrected chi connectivity index (χ0v) is 10.1. The topological polar surface area (TPSA) is 58.0 Å². The third kappa shape index (κ3) is 2.65. The van der Waals surface area contributed by atoms with Crippen LogP contribution < -0.4 is 5.32 Å². The molecular formula is C12H12ClN3O. The van der Waals surface area contributed by atoms with Crippen LogP contribution in [-0.4, -0.2) is 21.6 Å². The second-order valence-electron chi connectivity index (χ2n) is 3.46. The van der Waals surface area contributed by atoms with E-state index in [1.54, 1.807) is 24.4 Å². The molecule has 0 saturated carbocycles. The Hall–Kier alpha value is -1.81. The monoisotopic (exact) mass is 249 g/mol. The van der Waals surface area contributed by atoms with E-state index in [1.165, 1.54) is 6.07 Å². The fourth-order valence-electron chi connectivity index (χ4n) is 1.42. The standard InChI is InChI=1S/C12H12ClN3O/c1-2-14-11-5-6-15-12(16-11)8-3-4-10(17)9(13)7-8/h3-7,17H,2H2,1H3,(H,14,15,16). The van der Waals surface area contributed by atoms with Crippen molar-refractivity contribution in [1.29, 1.82) is 0 Å². The lowest BCUT2D eigenvalue weighted by atomic mass is 10.2. The lowest BCUT2D eigenvalue weighted by molar-refractivity contribution is 0.475. The number of hydrogen-bond acceptors (Lipinski definition) is 4. The molecule has 2 N–H and O–H groups in total. The number of rotatable bonds is 3. The Balaban J connectivity index is 2.38. The summed E-state index contributed by atoms with van der Waals surface area (Å²) in [4.78, 5) is 8.51. The van der Waals surface area contributed by atoms with Crippen LogP contribution in [0.2, 0.25) is 5.02 Å². The highest BCUT2D eigenvalue weighted by Crippen LogP contribution is 2.27. The quantitative estimate of drug-likeness (QED) is 0.878. The predicted molar refractivity (Wildman–Crippen MR) is 68.3 cm³/mol. The highest BCUT2D eigenvalue weighted by molar-refractivity contribution is 6.32. The molecule has 0 fully saturated rings. The van der Waals surface area contributed by atoms with Gasteiger partial charge in [0.2, 0.25) is 0 Å². The summed E-state index contributed by atoms with van der Waals surface area (Å²) >= 11 is 5.84. The van der Waals surface area contributed by atoms with Crippen molar-refractivity contribution in [3.8, 4) is 17.1 Å². The lowest BCUT2D eigenvalue weighted by Gasteiger charge is -2.05. The van der Waals surface area contributed by atoms with Gasteiger partial charge in [0.15, 0.2) is 5.82 Å². The van der Waals surface area contributed by atoms with Crippen molar-refractivity contribution in [2.24, 2.45) is 0 Å². The molecule has 2 aromatic rings. The van der Waals surface area contributed by atoms with E-state index < -0.39 is 0 Å². The van der Waals surface area contributed by atoms with Gasteiger partial charge in [-0.3, -0.25) is 0 Å². The van der Waals surface area contributed by atoms with Gasteiger partial charge in [-0.05, 0) is 31.2 Å². The SMILES string of the molecule is CCNc1ccnc(-c2ccc(O)c(Cl)c2)n1. The lowest BCUT2D eigenvalue weighted by Crippen LogP contribution is -2.00. The molecule has 1 aromatic heterocycles. The number of halogens is 1. The molecule has 1 aromatic carbocycles. The molecule has 2 rings (SSSR count). The molecule has 0 amide bonds. The van der Waals surface area contributed by atoms with E-state index in [2.05, 4.69) is 15.3 Å². The number of anilines is 1. The summed E-state index contributed by atoms with van der Waals surface area (Å²) in [6, 6.07) is 6.70. The van der Waals surface area contributed by atoms with Crippen LogP contribution in [0.1, 0.15) is 6.92 Å². The van der Waals surface area contributed by atoms with E-state index in [0.717, 1.165) is 17.9 Å². The first-order valence-electron chi connectivity index (χ1n) is 5.26. The van der Waals surface area contributed by atoms with Crippen LogP contribution in [-0.2, 0) is 0 Å². The summed E-state index contributed by atoms with van der Waals surface area (Å²) in [5.74, 6) is 1.39. The third-order valence-electron chi connectivity index (χ3n) is 2.22. The predicted octanol–water partition coefficient (Wildman–Crippen LogP) is 2.93. The molecule has 0 aliphatic carbocycles. The van der Waals surface area contributed by atoms with Gasteiger partial charge in [0.25, 0.3) is 0 Å². The molecule has 88 valence electrons. The maximum atomic E-state index is 9.34. The van der Waals surface area contributed by atoms with Gasteiger partial charge >= 0.3 is 0 Å². The molecule has 0 spiro atoms. The van der Waals surface area contributed by atoms with E-state index in [1.807, 2.05) is 6.92 Å². The highest BCUT2D eigenvalue weighted by Gasteiger charge is 2.05. The second-order valence-corrected chi connectivity index (χ2v) is 3.87. The van der Waals surface area contributed by atoms with Crippen LogP contribution in [0.25, 0.3) is 11.4 Å². The number of aromatic nitrogens is 2. The van der Waals surface area contributed by atoms with E-state index >= 15 is 0 Å². The molecule has 0 saturated heterocycles. The molecule has 17 heavy (non-hydrogen) atoms. The largest absolute Gasteiger partial charge is 0.506 e. The summed E-state index contributed by atoms with van der Waals surface area (Å²) in [6.45, 7) is 2.80. The molecule has 1 heterocycles. The van der Waals surface area contributed by atoms with Gasteiger partial charge in [0.05, 0.1) is 5.02 Å². The number of phenolic OH excluding ortho intramolecular Hbond substituents is 1. The van der Waals surface area contributed by atoms with Crippen LogP contribution in [0.5, 0.6) is 5.75 Å². The van der Waals surface area contributed by atoms with E-state index in [0.29, 0.717) is 10.8 Å². The Morgan fingerprint density at radius 3 is 2.88 bits per heavy atom. The van der Waals surface area contributed by atoms with Gasteiger partial charge in [0.1, 0.15) is 11.6 Å². The average Bonchev–Trinajstić information content (AvgIpc) is 2.33. The van der Waals surface area contributed by atoms with Gasteiger partial charge in [-0.25, -0.2) is 9.97 Å². The molecule has 0 unspecified atom stereocenters. The number of phenols is 1. The van der Waals surface area contributed by atoms with Crippen molar-refractivity contribution in [2.45, 2.75) is 6.92 Å². The zero-order chi connectivity index (χ0) is 12.3. The molecule has 5 heteroatoms. The maximum absolute atomic E-state index is 9.34.